The maximum Gasteiger partial charge on any atom is 0.0945 e. The highest BCUT2D eigenvalue weighted by Gasteiger charge is 1.97. The smallest absolute Gasteiger partial charge is 0.0945 e. The van der Waals surface area contributed by atoms with Crippen LogP contribution in [0.15, 0.2) is 18.2 Å². The molecule has 0 fully saturated rings. The Balaban J connectivity index is 2.82. The predicted molar refractivity (Wildman–Crippen MR) is 44.6 cm³/mol. The van der Waals surface area contributed by atoms with E-state index in [1.165, 1.54) is 0 Å². The fourth-order valence-corrected chi connectivity index (χ4v) is 1.21. The predicted octanol–water partition coefficient (Wildman–Crippen LogP) is 2.03. The van der Waals surface area contributed by atoms with Crippen molar-refractivity contribution in [2.45, 2.75) is 0 Å². The van der Waals surface area contributed by atoms with Gasteiger partial charge in [0.25, 0.3) is 0 Å². The van der Waals surface area contributed by atoms with Crippen molar-refractivity contribution in [2.24, 2.45) is 7.05 Å². The van der Waals surface area contributed by atoms with Crippen LogP contribution in [0.25, 0.3) is 10.9 Å². The highest BCUT2D eigenvalue weighted by atomic mass is 35.5. The van der Waals surface area contributed by atoms with Crippen molar-refractivity contribution in [1.82, 2.24) is 9.78 Å². The van der Waals surface area contributed by atoms with Gasteiger partial charge in [-0.2, -0.15) is 5.10 Å². The summed E-state index contributed by atoms with van der Waals surface area (Å²) in [6.07, 6.45) is 3.03. The Labute approximate surface area is 69.4 Å². The first-order valence-corrected chi connectivity index (χ1v) is 3.65. The van der Waals surface area contributed by atoms with E-state index in [0.29, 0.717) is 5.02 Å². The molecule has 2 nitrogen and oxygen atoms in total. The van der Waals surface area contributed by atoms with Gasteiger partial charge < -0.3 is 0 Å². The molecule has 0 amide bonds. The Morgan fingerprint density at radius 3 is 3.18 bits per heavy atom. The van der Waals surface area contributed by atoms with Crippen molar-refractivity contribution in [3.05, 3.63) is 29.4 Å². The van der Waals surface area contributed by atoms with Gasteiger partial charge in [-0.05, 0) is 18.2 Å². The van der Waals surface area contributed by atoms with Crippen molar-refractivity contribution in [3.63, 3.8) is 0 Å². The lowest BCUT2D eigenvalue weighted by molar-refractivity contribution is 0.773. The van der Waals surface area contributed by atoms with Crippen LogP contribution >= 0.6 is 11.6 Å². The lowest BCUT2D eigenvalue weighted by atomic mass is 10.3. The summed E-state index contributed by atoms with van der Waals surface area (Å²) in [5.41, 5.74) is 0.889. The molecule has 0 aliphatic rings. The number of hydrogen-bond acceptors (Lipinski definition) is 1. The van der Waals surface area contributed by atoms with E-state index in [0.717, 1.165) is 10.9 Å². The SMILES string of the molecule is Cn1[c]c2ccc(Cl)cc2n1. The van der Waals surface area contributed by atoms with Crippen molar-refractivity contribution >= 4 is 22.5 Å². The monoisotopic (exact) mass is 165 g/mol. The number of halogens is 1. The molecular weight excluding hydrogens is 160 g/mol. The van der Waals surface area contributed by atoms with Crippen LogP contribution < -0.4 is 0 Å². The van der Waals surface area contributed by atoms with Gasteiger partial charge in [0.05, 0.1) is 11.7 Å². The molecular formula is C8H6ClN2. The molecule has 1 aromatic heterocycles. The number of rotatable bonds is 0. The zero-order chi connectivity index (χ0) is 7.84. The minimum Gasteiger partial charge on any atom is -0.265 e. The lowest BCUT2D eigenvalue weighted by Crippen LogP contribution is -1.85. The average molecular weight is 166 g/mol. The molecule has 0 aliphatic heterocycles. The van der Waals surface area contributed by atoms with E-state index >= 15 is 0 Å². The van der Waals surface area contributed by atoms with Gasteiger partial charge in [-0.3, -0.25) is 4.68 Å². The second kappa shape index (κ2) is 2.24. The molecule has 0 bridgehead atoms. The first-order chi connectivity index (χ1) is 5.25. The second-order valence-corrected chi connectivity index (χ2v) is 2.83. The van der Waals surface area contributed by atoms with Crippen molar-refractivity contribution < 1.29 is 0 Å². The maximum absolute atomic E-state index is 5.76. The van der Waals surface area contributed by atoms with E-state index in [1.54, 1.807) is 4.68 Å². The highest BCUT2D eigenvalue weighted by Crippen LogP contribution is 2.16. The second-order valence-electron chi connectivity index (χ2n) is 2.40. The number of hydrogen-bond donors (Lipinski definition) is 0. The number of benzene rings is 1. The Kier molecular flexibility index (Phi) is 1.36. The van der Waals surface area contributed by atoms with Gasteiger partial charge in [-0.15, -0.1) is 0 Å². The van der Waals surface area contributed by atoms with Gasteiger partial charge in [0.15, 0.2) is 0 Å². The van der Waals surface area contributed by atoms with Gasteiger partial charge in [0.2, 0.25) is 0 Å². The summed E-state index contributed by atoms with van der Waals surface area (Å²) in [5, 5.41) is 5.86. The first-order valence-electron chi connectivity index (χ1n) is 3.27. The molecule has 0 aliphatic carbocycles. The molecule has 1 radical (unpaired) electrons. The van der Waals surface area contributed by atoms with Gasteiger partial charge in [-0.25, -0.2) is 0 Å². The van der Waals surface area contributed by atoms with Crippen LogP contribution in [0.1, 0.15) is 0 Å². The van der Waals surface area contributed by atoms with Crippen LogP contribution in [-0.4, -0.2) is 9.78 Å². The van der Waals surface area contributed by atoms with Gasteiger partial charge >= 0.3 is 0 Å². The summed E-state index contributed by atoms with van der Waals surface area (Å²) in [4.78, 5) is 0. The average Bonchev–Trinajstić information content (AvgIpc) is 2.27. The fraction of sp³-hybridized carbons (Fsp3) is 0.125. The number of nitrogens with zero attached hydrogens (tertiary/aromatic N) is 2. The molecule has 0 unspecified atom stereocenters. The highest BCUT2D eigenvalue weighted by molar-refractivity contribution is 6.31. The summed E-state index contributed by atoms with van der Waals surface area (Å²) in [6.45, 7) is 0. The summed E-state index contributed by atoms with van der Waals surface area (Å²) in [5.74, 6) is 0. The van der Waals surface area contributed by atoms with Crippen LogP contribution in [0, 0.1) is 6.20 Å². The first kappa shape index (κ1) is 6.68. The van der Waals surface area contributed by atoms with E-state index in [2.05, 4.69) is 11.3 Å². The summed E-state index contributed by atoms with van der Waals surface area (Å²) in [6, 6.07) is 5.57. The van der Waals surface area contributed by atoms with Crippen LogP contribution in [0.4, 0.5) is 0 Å². The number of aryl methyl sites for hydroxylation is 1. The quantitative estimate of drug-likeness (QED) is 0.584. The molecule has 0 saturated carbocycles. The van der Waals surface area contributed by atoms with E-state index in [9.17, 15) is 0 Å². The van der Waals surface area contributed by atoms with E-state index in [4.69, 9.17) is 11.6 Å². The van der Waals surface area contributed by atoms with E-state index in [1.807, 2.05) is 25.2 Å². The number of fused-ring (bicyclic) bond motifs is 1. The van der Waals surface area contributed by atoms with Gasteiger partial charge in [0, 0.05) is 17.5 Å². The van der Waals surface area contributed by atoms with Crippen LogP contribution in [-0.2, 0) is 7.05 Å². The Morgan fingerprint density at radius 2 is 2.36 bits per heavy atom. The van der Waals surface area contributed by atoms with Crippen molar-refractivity contribution in [2.75, 3.05) is 0 Å². The van der Waals surface area contributed by atoms with Gasteiger partial charge in [-0.1, -0.05) is 11.6 Å². The third kappa shape index (κ3) is 1.10. The summed E-state index contributed by atoms with van der Waals surface area (Å²) >= 11 is 5.76. The van der Waals surface area contributed by atoms with Crippen LogP contribution in [0.3, 0.4) is 0 Å². The van der Waals surface area contributed by atoms with E-state index in [-0.39, 0.29) is 0 Å². The fourth-order valence-electron chi connectivity index (χ4n) is 1.04. The minimum absolute atomic E-state index is 0.713. The van der Waals surface area contributed by atoms with Crippen molar-refractivity contribution in [3.8, 4) is 0 Å². The summed E-state index contributed by atoms with van der Waals surface area (Å²) < 4.78 is 1.65. The molecule has 11 heavy (non-hydrogen) atoms. The molecule has 0 saturated heterocycles. The Morgan fingerprint density at radius 1 is 1.55 bits per heavy atom. The zero-order valence-electron chi connectivity index (χ0n) is 6.00. The molecule has 0 N–H and O–H groups in total. The lowest BCUT2D eigenvalue weighted by Gasteiger charge is -1.86. The van der Waals surface area contributed by atoms with Crippen molar-refractivity contribution in [1.29, 1.82) is 0 Å². The summed E-state index contributed by atoms with van der Waals surface area (Å²) in [7, 11) is 1.84. The van der Waals surface area contributed by atoms with Gasteiger partial charge in [0.1, 0.15) is 0 Å². The van der Waals surface area contributed by atoms with Crippen LogP contribution in [0.2, 0.25) is 5.02 Å². The minimum atomic E-state index is 0.713. The maximum atomic E-state index is 5.76. The molecule has 55 valence electrons. The zero-order valence-corrected chi connectivity index (χ0v) is 6.76. The molecule has 0 spiro atoms. The molecule has 1 heterocycles. The normalized spacial score (nSPS) is 10.7. The Bertz CT molecular complexity index is 392. The molecule has 0 atom stereocenters. The standard InChI is InChI=1S/C8H6ClN2/c1-11-5-6-2-3-7(9)4-8(6)10-11/h2-4H,1H3. The third-order valence-electron chi connectivity index (χ3n) is 1.50. The number of aromatic nitrogens is 2. The Hall–Kier alpha value is -1.02. The third-order valence-corrected chi connectivity index (χ3v) is 1.73. The molecule has 2 aromatic rings. The molecule has 1 aromatic carbocycles. The topological polar surface area (TPSA) is 17.8 Å². The van der Waals surface area contributed by atoms with Crippen LogP contribution in [0.5, 0.6) is 0 Å². The van der Waals surface area contributed by atoms with E-state index < -0.39 is 0 Å². The molecule has 3 heteroatoms. The largest absolute Gasteiger partial charge is 0.265 e. The molecule has 2 rings (SSSR count).